The minimum absolute atomic E-state index is 0.736. The van der Waals surface area contributed by atoms with E-state index in [1.165, 1.54) is 19.5 Å². The number of ether oxygens (including phenoxy) is 3. The summed E-state index contributed by atoms with van der Waals surface area (Å²) >= 11 is 0. The number of nitrogens with zero attached hydrogens (tertiary/aromatic N) is 4. The van der Waals surface area contributed by atoms with Crippen molar-refractivity contribution in [2.45, 2.75) is 25.4 Å². The molecule has 158 valence electrons. The van der Waals surface area contributed by atoms with Crippen LogP contribution in [0, 0.1) is 0 Å². The lowest BCUT2D eigenvalue weighted by Crippen LogP contribution is -2.48. The Hall–Kier alpha value is -0.280. The van der Waals surface area contributed by atoms with Gasteiger partial charge in [-0.3, -0.25) is 19.6 Å². The Labute approximate surface area is 165 Å². The molecule has 7 heteroatoms. The topological polar surface area (TPSA) is 40.7 Å². The van der Waals surface area contributed by atoms with E-state index < -0.39 is 0 Å². The Kier molecular flexibility index (Phi) is 9.25. The minimum atomic E-state index is 0.736. The third-order valence-corrected chi connectivity index (χ3v) is 6.35. The summed E-state index contributed by atoms with van der Waals surface area (Å²) in [5.41, 5.74) is 0. The van der Waals surface area contributed by atoms with Crippen LogP contribution in [0.1, 0.15) is 13.3 Å². The highest BCUT2D eigenvalue weighted by atomic mass is 16.5. The van der Waals surface area contributed by atoms with Gasteiger partial charge in [-0.2, -0.15) is 0 Å². The van der Waals surface area contributed by atoms with Gasteiger partial charge in [0.1, 0.15) is 0 Å². The average Bonchev–Trinajstić information content (AvgIpc) is 3.27. The largest absolute Gasteiger partial charge is 0.383 e. The predicted octanol–water partition coefficient (Wildman–Crippen LogP) is 0.0620. The van der Waals surface area contributed by atoms with Gasteiger partial charge < -0.3 is 14.2 Å². The van der Waals surface area contributed by atoms with E-state index in [4.69, 9.17) is 14.2 Å². The summed E-state index contributed by atoms with van der Waals surface area (Å²) in [4.78, 5) is 10.3. The van der Waals surface area contributed by atoms with Crippen molar-refractivity contribution in [1.82, 2.24) is 19.6 Å². The SMILES string of the molecule is CCOCCN1C[C@@H]2C[C@H]1CN2CCOCCN1CCN(CCOC)CC1. The van der Waals surface area contributed by atoms with E-state index in [9.17, 15) is 0 Å². The van der Waals surface area contributed by atoms with Crippen molar-refractivity contribution in [3.63, 3.8) is 0 Å². The Morgan fingerprint density at radius 3 is 1.74 bits per heavy atom. The Balaban J connectivity index is 1.18. The molecule has 0 amide bonds. The molecule has 3 saturated heterocycles. The maximum Gasteiger partial charge on any atom is 0.0594 e. The predicted molar refractivity (Wildman–Crippen MR) is 107 cm³/mol. The first kappa shape index (κ1) is 21.4. The molecule has 3 fully saturated rings. The average molecular weight is 385 g/mol. The van der Waals surface area contributed by atoms with Crippen LogP contribution < -0.4 is 0 Å². The molecule has 3 aliphatic rings. The molecule has 3 rings (SSSR count). The van der Waals surface area contributed by atoms with Crippen molar-refractivity contribution in [2.75, 3.05) is 106 Å². The van der Waals surface area contributed by atoms with Crippen LogP contribution in [0.2, 0.25) is 0 Å². The zero-order valence-corrected chi connectivity index (χ0v) is 17.5. The number of likely N-dealkylation sites (tertiary alicyclic amines) is 2. The van der Waals surface area contributed by atoms with Crippen molar-refractivity contribution in [3.05, 3.63) is 0 Å². The van der Waals surface area contributed by atoms with E-state index in [0.717, 1.165) is 97.5 Å². The number of methoxy groups -OCH3 is 1. The number of piperazine rings is 2. The first-order chi connectivity index (χ1) is 13.3. The molecule has 3 aliphatic heterocycles. The fraction of sp³-hybridized carbons (Fsp3) is 1.00. The van der Waals surface area contributed by atoms with Crippen molar-refractivity contribution in [2.24, 2.45) is 0 Å². The van der Waals surface area contributed by atoms with E-state index in [-0.39, 0.29) is 0 Å². The van der Waals surface area contributed by atoms with Crippen LogP contribution in [0.4, 0.5) is 0 Å². The zero-order chi connectivity index (χ0) is 18.9. The van der Waals surface area contributed by atoms with Gasteiger partial charge in [0.05, 0.1) is 26.4 Å². The molecule has 0 unspecified atom stereocenters. The fourth-order valence-corrected chi connectivity index (χ4v) is 4.64. The summed E-state index contributed by atoms with van der Waals surface area (Å²) in [6, 6.07) is 1.48. The summed E-state index contributed by atoms with van der Waals surface area (Å²) in [6.07, 6.45) is 1.33. The molecule has 0 radical (unpaired) electrons. The second kappa shape index (κ2) is 11.7. The number of hydrogen-bond donors (Lipinski definition) is 0. The molecule has 2 bridgehead atoms. The van der Waals surface area contributed by atoms with E-state index in [1.807, 2.05) is 0 Å². The number of fused-ring (bicyclic) bond motifs is 2. The van der Waals surface area contributed by atoms with Crippen LogP contribution in [-0.4, -0.2) is 137 Å². The smallest absolute Gasteiger partial charge is 0.0594 e. The maximum atomic E-state index is 5.95. The zero-order valence-electron chi connectivity index (χ0n) is 17.5. The number of hydrogen-bond acceptors (Lipinski definition) is 7. The summed E-state index contributed by atoms with van der Waals surface area (Å²) in [7, 11) is 1.78. The van der Waals surface area contributed by atoms with Crippen LogP contribution in [0.5, 0.6) is 0 Å². The summed E-state index contributed by atoms with van der Waals surface area (Å²) < 4.78 is 16.6. The maximum absolute atomic E-state index is 5.95. The molecular formula is C20H40N4O3. The normalized spacial score (nSPS) is 27.8. The van der Waals surface area contributed by atoms with Gasteiger partial charge in [-0.1, -0.05) is 0 Å². The standard InChI is InChI=1S/C20H40N4O3/c1-3-26-14-10-23-17-20-16-19(23)18-24(20)11-15-27-13-9-22-6-4-21(5-7-22)8-12-25-2/h19-20H,3-18H2,1-2H3/t19-,20-/m0/s1. The molecule has 0 N–H and O–H groups in total. The molecule has 0 spiro atoms. The third kappa shape index (κ3) is 6.63. The Bertz CT molecular complexity index is 407. The lowest BCUT2D eigenvalue weighted by atomic mass is 10.2. The second-order valence-corrected chi connectivity index (χ2v) is 8.02. The molecule has 3 heterocycles. The number of rotatable bonds is 13. The second-order valence-electron chi connectivity index (χ2n) is 8.02. The summed E-state index contributed by atoms with van der Waals surface area (Å²) in [5.74, 6) is 0. The van der Waals surface area contributed by atoms with Crippen molar-refractivity contribution in [3.8, 4) is 0 Å². The summed E-state index contributed by atoms with van der Waals surface area (Å²) in [5, 5.41) is 0. The monoisotopic (exact) mass is 384 g/mol. The van der Waals surface area contributed by atoms with Crippen LogP contribution in [0.15, 0.2) is 0 Å². The highest BCUT2D eigenvalue weighted by Gasteiger charge is 2.42. The molecule has 0 aromatic rings. The lowest BCUT2D eigenvalue weighted by Gasteiger charge is -2.35. The first-order valence-electron chi connectivity index (χ1n) is 10.9. The molecule has 0 aromatic heterocycles. The van der Waals surface area contributed by atoms with Gasteiger partial charge >= 0.3 is 0 Å². The Morgan fingerprint density at radius 2 is 1.22 bits per heavy atom. The van der Waals surface area contributed by atoms with Crippen molar-refractivity contribution in [1.29, 1.82) is 0 Å². The summed E-state index contributed by atoms with van der Waals surface area (Å²) in [6.45, 7) is 17.7. The molecule has 27 heavy (non-hydrogen) atoms. The van der Waals surface area contributed by atoms with Gasteiger partial charge in [0.15, 0.2) is 0 Å². The lowest BCUT2D eigenvalue weighted by molar-refractivity contribution is 0.0423. The van der Waals surface area contributed by atoms with E-state index in [1.54, 1.807) is 7.11 Å². The molecular weight excluding hydrogens is 344 g/mol. The van der Waals surface area contributed by atoms with E-state index in [2.05, 4.69) is 26.5 Å². The van der Waals surface area contributed by atoms with Crippen LogP contribution in [-0.2, 0) is 14.2 Å². The highest BCUT2D eigenvalue weighted by Crippen LogP contribution is 2.29. The van der Waals surface area contributed by atoms with E-state index in [0.29, 0.717) is 0 Å². The van der Waals surface area contributed by atoms with Crippen LogP contribution in [0.25, 0.3) is 0 Å². The van der Waals surface area contributed by atoms with Crippen LogP contribution >= 0.6 is 0 Å². The van der Waals surface area contributed by atoms with Crippen molar-refractivity contribution < 1.29 is 14.2 Å². The first-order valence-corrected chi connectivity index (χ1v) is 10.9. The van der Waals surface area contributed by atoms with Gasteiger partial charge in [0, 0.05) is 91.2 Å². The molecule has 2 atom stereocenters. The highest BCUT2D eigenvalue weighted by molar-refractivity contribution is 4.99. The van der Waals surface area contributed by atoms with Gasteiger partial charge in [-0.15, -0.1) is 0 Å². The van der Waals surface area contributed by atoms with Crippen molar-refractivity contribution >= 4 is 0 Å². The molecule has 7 nitrogen and oxygen atoms in total. The van der Waals surface area contributed by atoms with Gasteiger partial charge in [-0.05, 0) is 13.3 Å². The molecule has 0 aliphatic carbocycles. The Morgan fingerprint density at radius 1 is 0.704 bits per heavy atom. The third-order valence-electron chi connectivity index (χ3n) is 6.35. The quantitative estimate of drug-likeness (QED) is 0.416. The molecule has 0 saturated carbocycles. The fourth-order valence-electron chi connectivity index (χ4n) is 4.64. The van der Waals surface area contributed by atoms with Gasteiger partial charge in [-0.25, -0.2) is 0 Å². The van der Waals surface area contributed by atoms with Crippen LogP contribution in [0.3, 0.4) is 0 Å². The minimum Gasteiger partial charge on any atom is -0.383 e. The van der Waals surface area contributed by atoms with Gasteiger partial charge in [0.2, 0.25) is 0 Å². The molecule has 0 aromatic carbocycles. The van der Waals surface area contributed by atoms with Gasteiger partial charge in [0.25, 0.3) is 0 Å². The van der Waals surface area contributed by atoms with E-state index >= 15 is 0 Å².